The van der Waals surface area contributed by atoms with Crippen molar-refractivity contribution in [3.05, 3.63) is 35.4 Å². The molecule has 2 heteroatoms. The molecule has 0 unspecified atom stereocenters. The van der Waals surface area contributed by atoms with Gasteiger partial charge in [0.1, 0.15) is 0 Å². The highest BCUT2D eigenvalue weighted by atomic mass is 16.5. The number of nitrogens with one attached hydrogen (secondary N) is 1. The summed E-state index contributed by atoms with van der Waals surface area (Å²) in [7, 11) is 1.75. The third-order valence-corrected chi connectivity index (χ3v) is 4.29. The summed E-state index contributed by atoms with van der Waals surface area (Å²) in [5.74, 6) is 0.871. The highest BCUT2D eigenvalue weighted by molar-refractivity contribution is 5.22. The maximum atomic E-state index is 5.18. The van der Waals surface area contributed by atoms with Gasteiger partial charge in [-0.1, -0.05) is 43.5 Å². The maximum Gasteiger partial charge on any atom is 0.0713 e. The SMILES string of the molecule is COCc1cccc(CN[C@@H](C)C2CCCCC2)c1. The number of methoxy groups -OCH3 is 1. The quantitative estimate of drug-likeness (QED) is 0.838. The van der Waals surface area contributed by atoms with Gasteiger partial charge in [0.05, 0.1) is 6.61 Å². The van der Waals surface area contributed by atoms with E-state index in [9.17, 15) is 0 Å². The van der Waals surface area contributed by atoms with Crippen molar-refractivity contribution in [3.63, 3.8) is 0 Å². The second-order valence-electron chi connectivity index (χ2n) is 5.82. The summed E-state index contributed by atoms with van der Waals surface area (Å²) in [5.41, 5.74) is 2.62. The third-order valence-electron chi connectivity index (χ3n) is 4.29. The molecule has 0 spiro atoms. The summed E-state index contributed by atoms with van der Waals surface area (Å²) in [4.78, 5) is 0. The first-order valence-electron chi connectivity index (χ1n) is 7.59. The van der Waals surface area contributed by atoms with Crippen LogP contribution in [0, 0.1) is 5.92 Å². The summed E-state index contributed by atoms with van der Waals surface area (Å²) in [6.45, 7) is 4.01. The van der Waals surface area contributed by atoms with Crippen LogP contribution in [0.1, 0.15) is 50.2 Å². The Morgan fingerprint density at radius 3 is 2.68 bits per heavy atom. The molecule has 0 aromatic heterocycles. The van der Waals surface area contributed by atoms with E-state index in [4.69, 9.17) is 4.74 Å². The van der Waals surface area contributed by atoms with Crippen LogP contribution in [0.15, 0.2) is 24.3 Å². The molecule has 1 aliphatic carbocycles. The van der Waals surface area contributed by atoms with Crippen molar-refractivity contribution in [1.82, 2.24) is 5.32 Å². The van der Waals surface area contributed by atoms with E-state index >= 15 is 0 Å². The van der Waals surface area contributed by atoms with E-state index in [0.717, 1.165) is 12.5 Å². The van der Waals surface area contributed by atoms with Gasteiger partial charge in [-0.2, -0.15) is 0 Å². The molecular weight excluding hydrogens is 234 g/mol. The number of ether oxygens (including phenoxy) is 1. The first-order valence-corrected chi connectivity index (χ1v) is 7.59. The van der Waals surface area contributed by atoms with E-state index in [-0.39, 0.29) is 0 Å². The molecule has 1 saturated carbocycles. The minimum Gasteiger partial charge on any atom is -0.380 e. The van der Waals surface area contributed by atoms with E-state index in [2.05, 4.69) is 36.5 Å². The Kier molecular flexibility index (Phi) is 5.87. The lowest BCUT2D eigenvalue weighted by Crippen LogP contribution is -2.34. The predicted octanol–water partition coefficient (Wildman–Crippen LogP) is 3.89. The summed E-state index contributed by atoms with van der Waals surface area (Å²) in [6.07, 6.45) is 7.07. The van der Waals surface area contributed by atoms with Gasteiger partial charge in [-0.15, -0.1) is 0 Å². The lowest BCUT2D eigenvalue weighted by atomic mass is 9.84. The number of benzene rings is 1. The molecule has 1 aliphatic rings. The van der Waals surface area contributed by atoms with Crippen molar-refractivity contribution in [2.75, 3.05) is 7.11 Å². The minimum absolute atomic E-state index is 0.631. The molecular formula is C17H27NO. The highest BCUT2D eigenvalue weighted by Crippen LogP contribution is 2.26. The first kappa shape index (κ1) is 14.5. The number of hydrogen-bond acceptors (Lipinski definition) is 2. The second kappa shape index (κ2) is 7.66. The summed E-state index contributed by atoms with van der Waals surface area (Å²) in [5, 5.41) is 3.70. The fraction of sp³-hybridized carbons (Fsp3) is 0.647. The Morgan fingerprint density at radius 1 is 1.21 bits per heavy atom. The zero-order chi connectivity index (χ0) is 13.5. The normalized spacial score (nSPS) is 18.4. The Morgan fingerprint density at radius 2 is 1.95 bits per heavy atom. The molecule has 0 heterocycles. The van der Waals surface area contributed by atoms with Crippen LogP contribution in [-0.4, -0.2) is 13.2 Å². The summed E-state index contributed by atoms with van der Waals surface area (Å²) < 4.78 is 5.18. The standard InChI is InChI=1S/C17H27NO/c1-14(17-9-4-3-5-10-17)18-12-15-7-6-8-16(11-15)13-19-2/h6-8,11,14,17-18H,3-5,9-10,12-13H2,1-2H3/t14-/m0/s1. The van der Waals surface area contributed by atoms with Crippen molar-refractivity contribution in [2.24, 2.45) is 5.92 Å². The third kappa shape index (κ3) is 4.63. The second-order valence-corrected chi connectivity index (χ2v) is 5.82. The van der Waals surface area contributed by atoms with Crippen molar-refractivity contribution in [3.8, 4) is 0 Å². The van der Waals surface area contributed by atoms with E-state index in [1.165, 1.54) is 43.2 Å². The van der Waals surface area contributed by atoms with Crippen LogP contribution in [0.25, 0.3) is 0 Å². The van der Waals surface area contributed by atoms with Gasteiger partial charge < -0.3 is 10.1 Å². The van der Waals surface area contributed by atoms with Crippen molar-refractivity contribution >= 4 is 0 Å². The van der Waals surface area contributed by atoms with Crippen molar-refractivity contribution < 1.29 is 4.74 Å². The van der Waals surface area contributed by atoms with Crippen LogP contribution in [0.4, 0.5) is 0 Å². The Bertz CT molecular complexity index is 371. The molecule has 0 aliphatic heterocycles. The molecule has 0 bridgehead atoms. The maximum absolute atomic E-state index is 5.18. The molecule has 1 fully saturated rings. The van der Waals surface area contributed by atoms with Gasteiger partial charge in [0.25, 0.3) is 0 Å². The van der Waals surface area contributed by atoms with Gasteiger partial charge in [0.15, 0.2) is 0 Å². The first-order chi connectivity index (χ1) is 9.29. The predicted molar refractivity (Wildman–Crippen MR) is 80.0 cm³/mol. The lowest BCUT2D eigenvalue weighted by Gasteiger charge is -2.28. The largest absolute Gasteiger partial charge is 0.380 e. The monoisotopic (exact) mass is 261 g/mol. The number of hydrogen-bond donors (Lipinski definition) is 1. The molecule has 0 amide bonds. The van der Waals surface area contributed by atoms with E-state index in [1.54, 1.807) is 7.11 Å². The van der Waals surface area contributed by atoms with Crippen LogP contribution in [0.3, 0.4) is 0 Å². The van der Waals surface area contributed by atoms with E-state index in [1.807, 2.05) is 0 Å². The molecule has 2 nitrogen and oxygen atoms in total. The van der Waals surface area contributed by atoms with Gasteiger partial charge in [0, 0.05) is 19.7 Å². The molecule has 2 rings (SSSR count). The molecule has 1 atom stereocenters. The molecule has 106 valence electrons. The van der Waals surface area contributed by atoms with Crippen LogP contribution < -0.4 is 5.32 Å². The zero-order valence-corrected chi connectivity index (χ0v) is 12.3. The fourth-order valence-electron chi connectivity index (χ4n) is 3.08. The lowest BCUT2D eigenvalue weighted by molar-refractivity contribution is 0.185. The van der Waals surface area contributed by atoms with Gasteiger partial charge in [-0.25, -0.2) is 0 Å². The van der Waals surface area contributed by atoms with Gasteiger partial charge in [-0.05, 0) is 36.8 Å². The minimum atomic E-state index is 0.631. The average Bonchev–Trinajstić information content (AvgIpc) is 2.46. The smallest absolute Gasteiger partial charge is 0.0713 e. The number of rotatable bonds is 6. The Hall–Kier alpha value is -0.860. The molecule has 1 aromatic rings. The molecule has 1 aromatic carbocycles. The van der Waals surface area contributed by atoms with Crippen molar-refractivity contribution in [2.45, 2.75) is 58.2 Å². The van der Waals surface area contributed by atoms with Crippen LogP contribution in [-0.2, 0) is 17.9 Å². The molecule has 19 heavy (non-hydrogen) atoms. The average molecular weight is 261 g/mol. The van der Waals surface area contributed by atoms with E-state index in [0.29, 0.717) is 12.6 Å². The fourth-order valence-corrected chi connectivity index (χ4v) is 3.08. The molecule has 0 radical (unpaired) electrons. The molecule has 1 N–H and O–H groups in total. The van der Waals surface area contributed by atoms with Gasteiger partial charge >= 0.3 is 0 Å². The Labute approximate surface area is 117 Å². The topological polar surface area (TPSA) is 21.3 Å². The highest BCUT2D eigenvalue weighted by Gasteiger charge is 2.19. The van der Waals surface area contributed by atoms with Crippen LogP contribution in [0.5, 0.6) is 0 Å². The zero-order valence-electron chi connectivity index (χ0n) is 12.3. The summed E-state index contributed by atoms with van der Waals surface area (Å²) >= 11 is 0. The van der Waals surface area contributed by atoms with Crippen molar-refractivity contribution in [1.29, 1.82) is 0 Å². The molecule has 0 saturated heterocycles. The summed E-state index contributed by atoms with van der Waals surface area (Å²) in [6, 6.07) is 9.31. The van der Waals surface area contributed by atoms with Crippen LogP contribution >= 0.6 is 0 Å². The Balaban J connectivity index is 1.82. The van der Waals surface area contributed by atoms with E-state index < -0.39 is 0 Å². The van der Waals surface area contributed by atoms with Crippen LogP contribution in [0.2, 0.25) is 0 Å². The van der Waals surface area contributed by atoms with Gasteiger partial charge in [0.2, 0.25) is 0 Å². The van der Waals surface area contributed by atoms with Gasteiger partial charge in [-0.3, -0.25) is 0 Å².